The Kier molecular flexibility index (Phi) is 6.17. The maximum absolute atomic E-state index is 11.9. The molecule has 28 heavy (non-hydrogen) atoms. The average molecular weight is 401 g/mol. The molecule has 0 aliphatic rings. The van der Waals surface area contributed by atoms with Gasteiger partial charge in [0.15, 0.2) is 0 Å². The summed E-state index contributed by atoms with van der Waals surface area (Å²) in [7, 11) is -0.355. The molecule has 2 heterocycles. The fourth-order valence-corrected chi connectivity index (χ4v) is 3.90. The Labute approximate surface area is 167 Å². The van der Waals surface area contributed by atoms with Crippen LogP contribution in [0.15, 0.2) is 48.9 Å². The van der Waals surface area contributed by atoms with E-state index >= 15 is 0 Å². The third-order valence-corrected chi connectivity index (χ3v) is 6.23. The Hall–Kier alpha value is -2.22. The number of hydrogen-bond donors (Lipinski definition) is 1. The fourth-order valence-electron chi connectivity index (χ4n) is 3.28. The predicted octanol–water partition coefficient (Wildman–Crippen LogP) is 3.30. The van der Waals surface area contributed by atoms with Gasteiger partial charge in [-0.3, -0.25) is 4.98 Å². The molecule has 0 bridgehead atoms. The van der Waals surface area contributed by atoms with Gasteiger partial charge < -0.3 is 4.57 Å². The molecular weight excluding hydrogens is 372 g/mol. The summed E-state index contributed by atoms with van der Waals surface area (Å²) in [6.07, 6.45) is 6.40. The van der Waals surface area contributed by atoms with Gasteiger partial charge in [0, 0.05) is 56.7 Å². The lowest BCUT2D eigenvalue weighted by Gasteiger charge is -2.11. The highest BCUT2D eigenvalue weighted by Crippen LogP contribution is 2.28. The van der Waals surface area contributed by atoms with E-state index in [1.54, 1.807) is 12.4 Å². The summed E-state index contributed by atoms with van der Waals surface area (Å²) in [6, 6.07) is 10.5. The number of benzene rings is 1. The third-order valence-electron chi connectivity index (χ3n) is 4.70. The molecule has 0 spiro atoms. The van der Waals surface area contributed by atoms with Crippen molar-refractivity contribution >= 4 is 21.1 Å². The molecule has 0 saturated carbocycles. The van der Waals surface area contributed by atoms with Crippen LogP contribution in [0.5, 0.6) is 0 Å². The Balaban J connectivity index is 1.93. The maximum atomic E-state index is 11.9. The first-order valence-electron chi connectivity index (χ1n) is 9.47. The molecule has 0 aliphatic heterocycles. The second kappa shape index (κ2) is 8.43. The largest absolute Gasteiger partial charge is 0.347 e. The molecule has 0 amide bonds. The van der Waals surface area contributed by atoms with Gasteiger partial charge in [0.2, 0.25) is 0 Å². The Bertz CT molecular complexity index is 1040. The van der Waals surface area contributed by atoms with E-state index in [9.17, 15) is 8.42 Å². The van der Waals surface area contributed by atoms with Crippen molar-refractivity contribution in [2.75, 3.05) is 20.6 Å². The van der Waals surface area contributed by atoms with Crippen molar-refractivity contribution in [1.82, 2.24) is 18.6 Å². The number of pyridine rings is 1. The van der Waals surface area contributed by atoms with E-state index in [4.69, 9.17) is 0 Å². The molecule has 3 aromatic rings. The van der Waals surface area contributed by atoms with Gasteiger partial charge in [-0.05, 0) is 47.2 Å². The number of hydrogen-bond acceptors (Lipinski definition) is 3. The topological polar surface area (TPSA) is 67.2 Å². The summed E-state index contributed by atoms with van der Waals surface area (Å²) < 4.78 is 30.0. The molecule has 1 N–H and O–H groups in total. The number of rotatable bonds is 8. The monoisotopic (exact) mass is 400 g/mol. The molecule has 150 valence electrons. The first kappa shape index (κ1) is 20.5. The number of aromatic nitrogens is 2. The van der Waals surface area contributed by atoms with E-state index in [0.717, 1.165) is 23.2 Å². The highest BCUT2D eigenvalue weighted by molar-refractivity contribution is 7.87. The molecule has 0 fully saturated rings. The maximum Gasteiger partial charge on any atom is 0.278 e. The van der Waals surface area contributed by atoms with E-state index in [1.165, 1.54) is 29.3 Å². The quantitative estimate of drug-likeness (QED) is 0.631. The van der Waals surface area contributed by atoms with Gasteiger partial charge in [0.05, 0.1) is 0 Å². The van der Waals surface area contributed by atoms with Crippen LogP contribution in [0.1, 0.15) is 19.4 Å². The molecule has 1 aromatic carbocycles. The van der Waals surface area contributed by atoms with Gasteiger partial charge >= 0.3 is 0 Å². The molecule has 0 radical (unpaired) electrons. The molecule has 3 rings (SSSR count). The normalized spacial score (nSPS) is 12.4. The molecular formula is C21H28N4O2S. The molecule has 2 aromatic heterocycles. The lowest BCUT2D eigenvalue weighted by atomic mass is 10.0. The highest BCUT2D eigenvalue weighted by Gasteiger charge is 2.14. The highest BCUT2D eigenvalue weighted by atomic mass is 32.2. The van der Waals surface area contributed by atoms with Crippen molar-refractivity contribution in [3.63, 3.8) is 0 Å². The van der Waals surface area contributed by atoms with Crippen molar-refractivity contribution in [3.8, 4) is 11.1 Å². The van der Waals surface area contributed by atoms with Crippen LogP contribution in [0, 0.1) is 5.92 Å². The van der Waals surface area contributed by atoms with E-state index in [-0.39, 0.29) is 0 Å². The SMILES string of the molecule is CC(C)Cn1cc(CCNS(=O)(=O)N(C)C)c2ccc(-c3ccncc3)cc21. The molecule has 0 aliphatic carbocycles. The van der Waals surface area contributed by atoms with Crippen molar-refractivity contribution in [3.05, 3.63) is 54.5 Å². The lowest BCUT2D eigenvalue weighted by Crippen LogP contribution is -2.36. The Morgan fingerprint density at radius 3 is 2.46 bits per heavy atom. The van der Waals surface area contributed by atoms with E-state index < -0.39 is 10.2 Å². The van der Waals surface area contributed by atoms with Crippen molar-refractivity contribution < 1.29 is 8.42 Å². The van der Waals surface area contributed by atoms with E-state index in [1.807, 2.05) is 12.1 Å². The Morgan fingerprint density at radius 1 is 1.11 bits per heavy atom. The molecule has 0 saturated heterocycles. The van der Waals surface area contributed by atoms with Gasteiger partial charge in [0.25, 0.3) is 10.2 Å². The summed E-state index contributed by atoms with van der Waals surface area (Å²) in [6.45, 7) is 5.68. The molecule has 6 nitrogen and oxygen atoms in total. The zero-order valence-corrected chi connectivity index (χ0v) is 17.7. The number of nitrogens with one attached hydrogen (secondary N) is 1. The van der Waals surface area contributed by atoms with E-state index in [2.05, 4.69) is 52.5 Å². The van der Waals surface area contributed by atoms with Crippen LogP contribution < -0.4 is 4.72 Å². The molecule has 0 unspecified atom stereocenters. The standard InChI is InChI=1S/C21H28N4O2S/c1-16(2)14-25-15-19(9-12-23-28(26,27)24(3)4)20-6-5-18(13-21(20)25)17-7-10-22-11-8-17/h5-8,10-11,13,15-16,23H,9,12,14H2,1-4H3. The van der Waals surface area contributed by atoms with Crippen LogP contribution in [0.4, 0.5) is 0 Å². The summed E-state index contributed by atoms with van der Waals surface area (Å²) in [4.78, 5) is 4.10. The minimum atomic E-state index is -3.41. The smallest absolute Gasteiger partial charge is 0.278 e. The van der Waals surface area contributed by atoms with Gasteiger partial charge in [-0.2, -0.15) is 12.7 Å². The zero-order chi connectivity index (χ0) is 20.3. The Morgan fingerprint density at radius 2 is 1.82 bits per heavy atom. The van der Waals surface area contributed by atoms with Crippen LogP contribution in [0.2, 0.25) is 0 Å². The summed E-state index contributed by atoms with van der Waals surface area (Å²) in [5.74, 6) is 0.514. The van der Waals surface area contributed by atoms with Crippen molar-refractivity contribution in [1.29, 1.82) is 0 Å². The van der Waals surface area contributed by atoms with Crippen LogP contribution in [0.25, 0.3) is 22.0 Å². The van der Waals surface area contributed by atoms with Crippen LogP contribution in [0.3, 0.4) is 0 Å². The van der Waals surface area contributed by atoms with Gasteiger partial charge in [-0.25, -0.2) is 4.72 Å². The molecule has 0 atom stereocenters. The second-order valence-electron chi connectivity index (χ2n) is 7.60. The van der Waals surface area contributed by atoms with Crippen LogP contribution in [-0.2, 0) is 23.2 Å². The fraction of sp³-hybridized carbons (Fsp3) is 0.381. The first-order valence-corrected chi connectivity index (χ1v) is 10.9. The van der Waals surface area contributed by atoms with Gasteiger partial charge in [-0.15, -0.1) is 0 Å². The van der Waals surface area contributed by atoms with Gasteiger partial charge in [0.1, 0.15) is 0 Å². The summed E-state index contributed by atoms with van der Waals surface area (Å²) in [5.41, 5.74) is 4.61. The number of nitrogens with zero attached hydrogens (tertiary/aromatic N) is 3. The minimum absolute atomic E-state index is 0.368. The average Bonchev–Trinajstić information content (AvgIpc) is 2.98. The van der Waals surface area contributed by atoms with Gasteiger partial charge in [-0.1, -0.05) is 26.0 Å². The van der Waals surface area contributed by atoms with E-state index in [0.29, 0.717) is 18.9 Å². The zero-order valence-electron chi connectivity index (χ0n) is 16.9. The van der Waals surface area contributed by atoms with Crippen molar-refractivity contribution in [2.45, 2.75) is 26.8 Å². The van der Waals surface area contributed by atoms with Crippen molar-refractivity contribution in [2.24, 2.45) is 5.92 Å². The third kappa shape index (κ3) is 4.60. The van der Waals surface area contributed by atoms with Crippen LogP contribution >= 0.6 is 0 Å². The first-order chi connectivity index (χ1) is 13.3. The minimum Gasteiger partial charge on any atom is -0.347 e. The lowest BCUT2D eigenvalue weighted by molar-refractivity contribution is 0.506. The number of fused-ring (bicyclic) bond motifs is 1. The predicted molar refractivity (Wildman–Crippen MR) is 114 cm³/mol. The molecule has 7 heteroatoms. The summed E-state index contributed by atoms with van der Waals surface area (Å²) >= 11 is 0. The summed E-state index contributed by atoms with van der Waals surface area (Å²) in [5, 5.41) is 1.17. The second-order valence-corrected chi connectivity index (χ2v) is 9.57. The van der Waals surface area contributed by atoms with Crippen LogP contribution in [-0.4, -0.2) is 42.9 Å².